The van der Waals surface area contributed by atoms with Crippen LogP contribution in [0.5, 0.6) is 0 Å². The van der Waals surface area contributed by atoms with Gasteiger partial charge in [0.05, 0.1) is 61.4 Å². The fourth-order valence-electron chi connectivity index (χ4n) is 13.5. The number of unbranched alkanes of at least 4 members (excludes halogenated alkanes) is 2. The van der Waals surface area contributed by atoms with Crippen LogP contribution in [0.25, 0.3) is 0 Å². The number of amides is 6. The molecule has 5 N–H and O–H groups in total. The van der Waals surface area contributed by atoms with Gasteiger partial charge < -0.3 is 55.3 Å². The number of nitrogens with one attached hydrogen (secondary N) is 2. The first kappa shape index (κ1) is 102. The Morgan fingerprint density at radius 1 is 0.528 bits per heavy atom. The minimum absolute atomic E-state index is 0.0232. The van der Waals surface area contributed by atoms with E-state index in [0.717, 1.165) is 18.8 Å². The van der Waals surface area contributed by atoms with Crippen molar-refractivity contribution in [1.29, 1.82) is 0 Å². The number of ketones is 5. The number of Topliss-reactive ketones (excluding diaryl/α,β-unsaturated/α-hetero) is 5. The minimum atomic E-state index is -1.41. The van der Waals surface area contributed by atoms with Crippen molar-refractivity contribution in [2.45, 2.75) is 316 Å². The number of carbonyl (C=O) groups is 13. The highest BCUT2D eigenvalue weighted by Gasteiger charge is 2.44. The third kappa shape index (κ3) is 35.4. The van der Waals surface area contributed by atoms with Crippen LogP contribution in [0.15, 0.2) is 12.2 Å². The Morgan fingerprint density at radius 2 is 1.03 bits per heavy atom. The quantitative estimate of drug-likeness (QED) is 0.0307. The smallest absolute Gasteiger partial charge is 0.323 e. The normalized spacial score (nSPS) is 24.5. The molecule has 0 aliphatic carbocycles. The predicted octanol–water partition coefficient (Wildman–Crippen LogP) is 11.2. The van der Waals surface area contributed by atoms with Gasteiger partial charge in [-0.1, -0.05) is 157 Å². The molecule has 1 heterocycles. The molecule has 0 radical (unpaired) electrons. The molecule has 1 fully saturated rings. The lowest BCUT2D eigenvalue weighted by Gasteiger charge is -2.36. The van der Waals surface area contributed by atoms with Crippen molar-refractivity contribution < 1.29 is 81.6 Å². The molecule has 6 amide bonds. The van der Waals surface area contributed by atoms with Crippen LogP contribution >= 0.6 is 0 Å². The van der Waals surface area contributed by atoms with Crippen LogP contribution in [0.4, 0.5) is 0 Å². The molecule has 108 heavy (non-hydrogen) atoms. The molecule has 1 rings (SSSR count). The van der Waals surface area contributed by atoms with Crippen LogP contribution in [0, 0.1) is 82.9 Å². The molecule has 0 aromatic carbocycles. The molecule has 15 atom stereocenters. The van der Waals surface area contributed by atoms with E-state index in [-0.39, 0.29) is 93.7 Å². The van der Waals surface area contributed by atoms with Gasteiger partial charge in [-0.05, 0) is 132 Å². The van der Waals surface area contributed by atoms with Gasteiger partial charge in [0.1, 0.15) is 18.1 Å². The Morgan fingerprint density at radius 3 is 1.52 bits per heavy atom. The monoisotopic (exact) mass is 1530 g/mol. The Balaban J connectivity index is 0.00000680. The van der Waals surface area contributed by atoms with Gasteiger partial charge >= 0.3 is 11.9 Å². The number of hydrogen-bond donors (Lipinski definition) is 4. The maximum atomic E-state index is 15.0. The first-order valence-electron chi connectivity index (χ1n) is 40.4. The van der Waals surface area contributed by atoms with Gasteiger partial charge in [0, 0.05) is 91.1 Å². The Labute approximate surface area is 650 Å². The average Bonchev–Trinajstić information content (AvgIpc) is 0.818. The zero-order valence-corrected chi connectivity index (χ0v) is 71.7. The van der Waals surface area contributed by atoms with Crippen LogP contribution in [-0.2, 0) is 76.5 Å². The molecule has 1 saturated heterocycles. The van der Waals surface area contributed by atoms with Crippen molar-refractivity contribution in [3.63, 3.8) is 0 Å². The molecule has 0 aromatic heterocycles. The minimum Gasteiger partial charge on any atom is -0.465 e. The highest BCUT2D eigenvalue weighted by Crippen LogP contribution is 2.31. The van der Waals surface area contributed by atoms with Crippen LogP contribution in [0.3, 0.4) is 0 Å². The maximum absolute atomic E-state index is 15.0. The van der Waals surface area contributed by atoms with E-state index in [1.54, 1.807) is 75.3 Å². The standard InChI is InChI=1S/C71H123N7O15.C13H26O2/c1-23-25-28-46(15)65(85)52-39-59(82)63(45(13)14)78(22)69(89)50(33-40(3)4)37-58(81)55(35-42(7)8)75(19)68(88)48(17)73-66(86)47(16)36-57(80)54(34-41(5)6)76(20)70(90)51(43(9)10)38-60(83)64(49(18)92-31-26-27-32-93-71(91)62(72)44(11)12)77(21)61(84)30-29-56(79)53(24-2)74-67(52)87;1-10(2)8-6-7-9-15-13(14)12(5)11(3)4/h23,25,40-55,62-65,85H,24,26-39,72H2,1-22H3,(H,73,86)(H,74,87);10-12H,6-9H2,1-5H3/b25-23+;/t46-,47-,48-,49-,50-,51+,52+,53+,54+,55+,62+,63+,64+,65-;12-/m10/s1. The van der Waals surface area contributed by atoms with E-state index in [9.17, 15) is 67.4 Å². The summed E-state index contributed by atoms with van der Waals surface area (Å²) in [5, 5.41) is 17.5. The van der Waals surface area contributed by atoms with Gasteiger partial charge in [0.2, 0.25) is 35.4 Å². The van der Waals surface area contributed by atoms with E-state index in [4.69, 9.17) is 19.9 Å². The van der Waals surface area contributed by atoms with Gasteiger partial charge in [0.15, 0.2) is 28.9 Å². The number of esters is 2. The summed E-state index contributed by atoms with van der Waals surface area (Å²) in [5.41, 5.74) is 5.95. The average molecular weight is 1530 g/mol. The van der Waals surface area contributed by atoms with Gasteiger partial charge in [-0.15, -0.1) is 0 Å². The molecule has 622 valence electrons. The Hall–Kier alpha value is -6.27. The molecule has 1 aliphatic rings. The van der Waals surface area contributed by atoms with Crippen molar-refractivity contribution in [1.82, 2.24) is 30.2 Å². The lowest BCUT2D eigenvalue weighted by atomic mass is 9.82. The van der Waals surface area contributed by atoms with E-state index in [0.29, 0.717) is 31.8 Å². The fraction of sp³-hybridized carbons (Fsp3) is 0.821. The van der Waals surface area contributed by atoms with Crippen molar-refractivity contribution >= 4 is 76.3 Å². The topological polar surface area (TPSA) is 333 Å². The fourth-order valence-corrected chi connectivity index (χ4v) is 13.5. The highest BCUT2D eigenvalue weighted by atomic mass is 16.5. The summed E-state index contributed by atoms with van der Waals surface area (Å²) < 4.78 is 16.8. The van der Waals surface area contributed by atoms with E-state index < -0.39 is 186 Å². The zero-order chi connectivity index (χ0) is 83.5. The summed E-state index contributed by atoms with van der Waals surface area (Å²) in [6.07, 6.45) is 4.14. The number of likely N-dealkylation sites (N-methyl/N-ethyl adjacent to an activating group) is 4. The number of rotatable bonds is 29. The highest BCUT2D eigenvalue weighted by molar-refractivity contribution is 5.99. The molecular weight excluding hydrogens is 1380 g/mol. The predicted molar refractivity (Wildman–Crippen MR) is 423 cm³/mol. The van der Waals surface area contributed by atoms with E-state index in [2.05, 4.69) is 24.5 Å². The first-order chi connectivity index (χ1) is 50.1. The van der Waals surface area contributed by atoms with Gasteiger partial charge in [0.25, 0.3) is 0 Å². The van der Waals surface area contributed by atoms with Crippen molar-refractivity contribution in [3.8, 4) is 0 Å². The summed E-state index contributed by atoms with van der Waals surface area (Å²) in [4.78, 5) is 190. The molecule has 0 saturated carbocycles. The van der Waals surface area contributed by atoms with Crippen molar-refractivity contribution in [2.75, 3.05) is 48.0 Å². The summed E-state index contributed by atoms with van der Waals surface area (Å²) in [6, 6.07) is -7.62. The molecule has 0 unspecified atom stereocenters. The first-order valence-corrected chi connectivity index (χ1v) is 40.4. The van der Waals surface area contributed by atoms with E-state index in [1.807, 2.05) is 75.3 Å². The molecule has 0 spiro atoms. The second-order valence-corrected chi connectivity index (χ2v) is 33.9. The number of ether oxygens (including phenoxy) is 3. The molecular formula is C84H149N7O17. The number of hydrogen-bond acceptors (Lipinski definition) is 18. The summed E-state index contributed by atoms with van der Waals surface area (Å²) in [5.74, 6) is -11.9. The number of aliphatic hydroxyl groups excluding tert-OH is 1. The second kappa shape index (κ2) is 51.3. The van der Waals surface area contributed by atoms with E-state index >= 15 is 0 Å². The number of nitrogens with zero attached hydrogens (tertiary/aromatic N) is 4. The molecule has 0 aromatic rings. The summed E-state index contributed by atoms with van der Waals surface area (Å²) >= 11 is 0. The Kier molecular flexibility index (Phi) is 48.3. The van der Waals surface area contributed by atoms with Gasteiger partial charge in [-0.2, -0.15) is 0 Å². The third-order valence-electron chi connectivity index (χ3n) is 21.0. The third-order valence-corrected chi connectivity index (χ3v) is 21.0. The second-order valence-electron chi connectivity index (χ2n) is 33.9. The van der Waals surface area contributed by atoms with Gasteiger partial charge in [-0.3, -0.25) is 62.3 Å². The van der Waals surface area contributed by atoms with Gasteiger partial charge in [-0.25, -0.2) is 0 Å². The van der Waals surface area contributed by atoms with Crippen LogP contribution in [-0.4, -0.2) is 204 Å². The summed E-state index contributed by atoms with van der Waals surface area (Å²) in [6.45, 7) is 43.0. The van der Waals surface area contributed by atoms with Crippen LogP contribution < -0.4 is 16.4 Å². The summed E-state index contributed by atoms with van der Waals surface area (Å²) in [7, 11) is 5.84. The van der Waals surface area contributed by atoms with Crippen molar-refractivity contribution in [2.24, 2.45) is 88.6 Å². The lowest BCUT2D eigenvalue weighted by molar-refractivity contribution is -0.149. The molecule has 0 bridgehead atoms. The van der Waals surface area contributed by atoms with E-state index in [1.165, 1.54) is 61.1 Å². The zero-order valence-electron chi connectivity index (χ0n) is 71.7. The Bertz CT molecular complexity index is 2870. The van der Waals surface area contributed by atoms with Crippen LogP contribution in [0.1, 0.15) is 262 Å². The molecule has 24 heteroatoms. The largest absolute Gasteiger partial charge is 0.465 e. The maximum Gasteiger partial charge on any atom is 0.323 e. The molecule has 1 aliphatic heterocycles. The van der Waals surface area contributed by atoms with Crippen LogP contribution in [0.2, 0.25) is 0 Å². The number of carbonyl (C=O) groups excluding carboxylic acids is 13. The number of allylic oxidation sites excluding steroid dienone is 2. The SMILES string of the molecule is C/C=C/C[C@@H](C)[C@@H](O)[C@@H]1CC(=O)[C@H](C(C)C)N(C)C(=O)[C@H](CC(C)C)CC(=O)[C@H](CC(C)C)N(C)C(=O)[C@@H](C)NC(=O)[C@H](C)CC(=O)[C@H](CC(C)C)N(C)C(=O)[C@H](C(C)C)CC(=O)[C@H]([C@@H](C)OCCCCOC(=O)[C@@H](N)C(C)C)N(C)C(=O)CCC(=O)[C@H](CC)NC1=O.CC(C)CCCCOC(=O)[C@@H](C)C(C)C. The lowest BCUT2D eigenvalue weighted by Crippen LogP contribution is -2.53. The van der Waals surface area contributed by atoms with Crippen molar-refractivity contribution in [3.05, 3.63) is 12.2 Å². The molecule has 24 nitrogen and oxygen atoms in total. The number of aliphatic hydroxyl groups is 1. The number of nitrogens with two attached hydrogens (primary N) is 1.